The Balaban J connectivity index is 2.41. The molecule has 0 radical (unpaired) electrons. The van der Waals surface area contributed by atoms with E-state index >= 15 is 0 Å². The van der Waals surface area contributed by atoms with E-state index in [1.165, 1.54) is 6.07 Å². The van der Waals surface area contributed by atoms with Gasteiger partial charge in [-0.2, -0.15) is 0 Å². The van der Waals surface area contributed by atoms with E-state index in [1.54, 1.807) is 37.3 Å². The van der Waals surface area contributed by atoms with Gasteiger partial charge < -0.3 is 4.74 Å². The predicted molar refractivity (Wildman–Crippen MR) is 77.4 cm³/mol. The molecular formula is C14H10BrNO4. The molecule has 0 N–H and O–H groups in total. The minimum atomic E-state index is -0.493. The van der Waals surface area contributed by atoms with Crippen molar-refractivity contribution in [1.29, 1.82) is 0 Å². The highest BCUT2D eigenvalue weighted by Crippen LogP contribution is 2.37. The summed E-state index contributed by atoms with van der Waals surface area (Å²) in [5.74, 6) is 0.626. The molecule has 0 saturated heterocycles. The highest BCUT2D eigenvalue weighted by Gasteiger charge is 2.19. The first-order chi connectivity index (χ1) is 9.51. The van der Waals surface area contributed by atoms with Gasteiger partial charge in [-0.25, -0.2) is 0 Å². The fraction of sp³-hybridized carbons (Fsp3) is 0.0714. The first kappa shape index (κ1) is 14.2. The van der Waals surface area contributed by atoms with Crippen LogP contribution in [0.2, 0.25) is 0 Å². The number of nitrogens with zero attached hydrogens (tertiary/aromatic N) is 1. The molecule has 0 saturated carbocycles. The third-order valence-corrected chi connectivity index (χ3v) is 3.11. The maximum Gasteiger partial charge on any atom is 0.312 e. The van der Waals surface area contributed by atoms with Crippen molar-refractivity contribution in [2.45, 2.75) is 6.92 Å². The SMILES string of the molecule is Cc1cc(Br)cc([N+](=O)[O-])c1Oc1ccc(C=O)cc1. The van der Waals surface area contributed by atoms with Gasteiger partial charge in [-0.15, -0.1) is 0 Å². The van der Waals surface area contributed by atoms with Crippen LogP contribution in [0.4, 0.5) is 5.69 Å². The summed E-state index contributed by atoms with van der Waals surface area (Å²) in [4.78, 5) is 21.2. The summed E-state index contributed by atoms with van der Waals surface area (Å²) in [6.45, 7) is 1.73. The second-order valence-corrected chi connectivity index (χ2v) is 5.03. The molecule has 0 amide bonds. The molecule has 5 nitrogen and oxygen atoms in total. The van der Waals surface area contributed by atoms with Gasteiger partial charge in [0.05, 0.1) is 4.92 Å². The smallest absolute Gasteiger partial charge is 0.312 e. The third kappa shape index (κ3) is 3.03. The summed E-state index contributed by atoms with van der Waals surface area (Å²) in [5, 5.41) is 11.1. The molecule has 0 aliphatic heterocycles. The van der Waals surface area contributed by atoms with E-state index in [0.29, 0.717) is 21.3 Å². The highest BCUT2D eigenvalue weighted by atomic mass is 79.9. The van der Waals surface area contributed by atoms with Gasteiger partial charge >= 0.3 is 5.69 Å². The van der Waals surface area contributed by atoms with Crippen molar-refractivity contribution in [2.24, 2.45) is 0 Å². The molecule has 102 valence electrons. The fourth-order valence-electron chi connectivity index (χ4n) is 1.71. The number of rotatable bonds is 4. The summed E-state index contributed by atoms with van der Waals surface area (Å²) in [6, 6.07) is 9.48. The minimum Gasteiger partial charge on any atom is -0.450 e. The van der Waals surface area contributed by atoms with Crippen molar-refractivity contribution in [1.82, 2.24) is 0 Å². The molecule has 2 rings (SSSR count). The maximum absolute atomic E-state index is 11.1. The number of hydrogen-bond donors (Lipinski definition) is 0. The second-order valence-electron chi connectivity index (χ2n) is 4.12. The van der Waals surface area contributed by atoms with Crippen LogP contribution in [0.5, 0.6) is 11.5 Å². The molecule has 0 unspecified atom stereocenters. The van der Waals surface area contributed by atoms with Crippen molar-refractivity contribution in [3.63, 3.8) is 0 Å². The van der Waals surface area contributed by atoms with E-state index in [4.69, 9.17) is 4.74 Å². The number of ether oxygens (including phenoxy) is 1. The Bertz CT molecular complexity index is 668. The summed E-state index contributed by atoms with van der Waals surface area (Å²) in [6.07, 6.45) is 0.719. The summed E-state index contributed by atoms with van der Waals surface area (Å²) in [5.41, 5.74) is 1.04. The van der Waals surface area contributed by atoms with Crippen LogP contribution in [0.3, 0.4) is 0 Å². The zero-order valence-corrected chi connectivity index (χ0v) is 12.1. The van der Waals surface area contributed by atoms with Crippen LogP contribution in [-0.2, 0) is 0 Å². The molecule has 0 spiro atoms. The molecular weight excluding hydrogens is 326 g/mol. The summed E-state index contributed by atoms with van der Waals surface area (Å²) >= 11 is 3.22. The van der Waals surface area contributed by atoms with E-state index in [2.05, 4.69) is 15.9 Å². The van der Waals surface area contributed by atoms with Gasteiger partial charge in [0.2, 0.25) is 5.75 Å². The molecule has 0 aliphatic rings. The van der Waals surface area contributed by atoms with Crippen molar-refractivity contribution < 1.29 is 14.5 Å². The normalized spacial score (nSPS) is 10.1. The predicted octanol–water partition coefficient (Wildman–Crippen LogP) is 4.27. The molecule has 0 aromatic heterocycles. The number of aryl methyl sites for hydroxylation is 1. The molecule has 0 atom stereocenters. The summed E-state index contributed by atoms with van der Waals surface area (Å²) in [7, 11) is 0. The maximum atomic E-state index is 11.1. The second kappa shape index (κ2) is 5.83. The van der Waals surface area contributed by atoms with E-state index in [1.807, 2.05) is 0 Å². The van der Waals surface area contributed by atoms with Gasteiger partial charge in [0.1, 0.15) is 12.0 Å². The van der Waals surface area contributed by atoms with Crippen molar-refractivity contribution in [2.75, 3.05) is 0 Å². The largest absolute Gasteiger partial charge is 0.450 e. The van der Waals surface area contributed by atoms with Crippen LogP contribution >= 0.6 is 15.9 Å². The fourth-order valence-corrected chi connectivity index (χ4v) is 2.27. The number of nitro benzene ring substituents is 1. The zero-order valence-electron chi connectivity index (χ0n) is 10.5. The Morgan fingerprint density at radius 2 is 1.90 bits per heavy atom. The molecule has 0 heterocycles. The molecule has 0 bridgehead atoms. The number of carbonyl (C=O) groups is 1. The first-order valence-electron chi connectivity index (χ1n) is 5.69. The topological polar surface area (TPSA) is 69.4 Å². The number of nitro groups is 1. The third-order valence-electron chi connectivity index (χ3n) is 2.65. The van der Waals surface area contributed by atoms with Crippen LogP contribution in [0.15, 0.2) is 40.9 Å². The Morgan fingerprint density at radius 3 is 2.45 bits per heavy atom. The van der Waals surface area contributed by atoms with E-state index in [9.17, 15) is 14.9 Å². The Hall–Kier alpha value is -2.21. The lowest BCUT2D eigenvalue weighted by atomic mass is 10.2. The number of benzene rings is 2. The number of hydrogen-bond acceptors (Lipinski definition) is 4. The minimum absolute atomic E-state index is 0.115. The Morgan fingerprint density at radius 1 is 1.25 bits per heavy atom. The van der Waals surface area contributed by atoms with E-state index in [-0.39, 0.29) is 11.4 Å². The average Bonchev–Trinajstić information content (AvgIpc) is 2.42. The standard InChI is InChI=1S/C14H10BrNO4/c1-9-6-11(15)7-13(16(18)19)14(9)20-12-4-2-10(8-17)3-5-12/h2-8H,1H3. The van der Waals surface area contributed by atoms with Gasteiger partial charge in [0.15, 0.2) is 0 Å². The summed E-state index contributed by atoms with van der Waals surface area (Å²) < 4.78 is 6.19. The molecule has 6 heteroatoms. The monoisotopic (exact) mass is 335 g/mol. The zero-order chi connectivity index (χ0) is 14.7. The number of carbonyl (C=O) groups excluding carboxylic acids is 1. The molecule has 0 aliphatic carbocycles. The van der Waals surface area contributed by atoms with Crippen molar-refractivity contribution >= 4 is 27.9 Å². The van der Waals surface area contributed by atoms with Crippen LogP contribution in [0.25, 0.3) is 0 Å². The quantitative estimate of drug-likeness (QED) is 0.475. The van der Waals surface area contributed by atoms with Crippen LogP contribution in [0.1, 0.15) is 15.9 Å². The molecule has 0 fully saturated rings. The van der Waals surface area contributed by atoms with Gasteiger partial charge in [0, 0.05) is 16.1 Å². The van der Waals surface area contributed by atoms with Crippen LogP contribution in [-0.4, -0.2) is 11.2 Å². The number of halogens is 1. The highest BCUT2D eigenvalue weighted by molar-refractivity contribution is 9.10. The van der Waals surface area contributed by atoms with Crippen molar-refractivity contribution in [3.05, 3.63) is 62.1 Å². The van der Waals surface area contributed by atoms with Crippen molar-refractivity contribution in [3.8, 4) is 11.5 Å². The Labute approximate surface area is 123 Å². The van der Waals surface area contributed by atoms with Gasteiger partial charge in [-0.3, -0.25) is 14.9 Å². The van der Waals surface area contributed by atoms with E-state index < -0.39 is 4.92 Å². The average molecular weight is 336 g/mol. The Kier molecular flexibility index (Phi) is 4.14. The lowest BCUT2D eigenvalue weighted by Gasteiger charge is -2.09. The molecule has 20 heavy (non-hydrogen) atoms. The van der Waals surface area contributed by atoms with E-state index in [0.717, 1.165) is 6.29 Å². The van der Waals surface area contributed by atoms with Gasteiger partial charge in [-0.05, 0) is 42.8 Å². The lowest BCUT2D eigenvalue weighted by Crippen LogP contribution is -1.96. The van der Waals surface area contributed by atoms with Gasteiger partial charge in [-0.1, -0.05) is 15.9 Å². The number of aldehydes is 1. The van der Waals surface area contributed by atoms with Crippen LogP contribution < -0.4 is 4.74 Å². The lowest BCUT2D eigenvalue weighted by molar-refractivity contribution is -0.385. The molecule has 2 aromatic carbocycles. The van der Waals surface area contributed by atoms with Gasteiger partial charge in [0.25, 0.3) is 0 Å². The first-order valence-corrected chi connectivity index (χ1v) is 6.48. The molecule has 2 aromatic rings. The van der Waals surface area contributed by atoms with Crippen LogP contribution in [0, 0.1) is 17.0 Å².